The Hall–Kier alpha value is -0.520. The van der Waals surface area contributed by atoms with E-state index in [-0.39, 0.29) is 0 Å². The van der Waals surface area contributed by atoms with Gasteiger partial charge in [-0.25, -0.2) is 0 Å². The van der Waals surface area contributed by atoms with Gasteiger partial charge in [0, 0.05) is 13.0 Å². The van der Waals surface area contributed by atoms with Crippen LogP contribution in [0.2, 0.25) is 0 Å². The highest BCUT2D eigenvalue weighted by Crippen LogP contribution is 1.71. The number of rotatable bonds is 2. The smallest absolute Gasteiger partial charge is 0.0596 e. The number of nitrogens with two attached hydrogens (primary N) is 1. The maximum absolute atomic E-state index is 5.23. The SMILES string of the molecule is CN(C)CC#CCCN. The molecule has 0 aromatic rings. The van der Waals surface area contributed by atoms with Crippen LogP contribution in [-0.4, -0.2) is 32.1 Å². The lowest BCUT2D eigenvalue weighted by Crippen LogP contribution is -2.10. The van der Waals surface area contributed by atoms with Gasteiger partial charge >= 0.3 is 0 Å². The summed E-state index contributed by atoms with van der Waals surface area (Å²) in [5.74, 6) is 5.93. The Morgan fingerprint density at radius 2 is 2.00 bits per heavy atom. The fraction of sp³-hybridized carbons (Fsp3) is 0.714. The first kappa shape index (κ1) is 8.48. The molecule has 2 N–H and O–H groups in total. The van der Waals surface area contributed by atoms with Crippen molar-refractivity contribution in [2.45, 2.75) is 6.42 Å². The first-order valence-electron chi connectivity index (χ1n) is 3.08. The Bertz CT molecular complexity index is 108. The van der Waals surface area contributed by atoms with E-state index >= 15 is 0 Å². The Kier molecular flexibility index (Phi) is 5.29. The second kappa shape index (κ2) is 5.61. The zero-order valence-corrected chi connectivity index (χ0v) is 6.15. The van der Waals surface area contributed by atoms with Gasteiger partial charge in [0.1, 0.15) is 0 Å². The maximum Gasteiger partial charge on any atom is 0.0596 e. The van der Waals surface area contributed by atoms with Crippen LogP contribution < -0.4 is 5.73 Å². The van der Waals surface area contributed by atoms with Gasteiger partial charge in [-0.3, -0.25) is 4.90 Å². The van der Waals surface area contributed by atoms with Crippen molar-refractivity contribution in [1.29, 1.82) is 0 Å². The fourth-order valence-electron chi connectivity index (χ4n) is 0.375. The number of nitrogens with zero attached hydrogens (tertiary/aromatic N) is 1. The summed E-state index contributed by atoms with van der Waals surface area (Å²) in [4.78, 5) is 2.03. The van der Waals surface area contributed by atoms with Gasteiger partial charge < -0.3 is 5.73 Å². The second-order valence-corrected chi connectivity index (χ2v) is 2.13. The Labute approximate surface area is 57.0 Å². The lowest BCUT2D eigenvalue weighted by molar-refractivity contribution is 0.463. The summed E-state index contributed by atoms with van der Waals surface area (Å²) in [5.41, 5.74) is 5.23. The summed E-state index contributed by atoms with van der Waals surface area (Å²) >= 11 is 0. The van der Waals surface area contributed by atoms with E-state index in [0.29, 0.717) is 6.54 Å². The second-order valence-electron chi connectivity index (χ2n) is 2.13. The van der Waals surface area contributed by atoms with Crippen LogP contribution in [0.5, 0.6) is 0 Å². The van der Waals surface area contributed by atoms with Crippen LogP contribution in [0.25, 0.3) is 0 Å². The number of hydrogen-bond acceptors (Lipinski definition) is 2. The molecular weight excluding hydrogens is 112 g/mol. The van der Waals surface area contributed by atoms with Crippen molar-refractivity contribution in [3.8, 4) is 11.8 Å². The van der Waals surface area contributed by atoms with Crippen molar-refractivity contribution in [2.24, 2.45) is 5.73 Å². The van der Waals surface area contributed by atoms with Crippen LogP contribution in [-0.2, 0) is 0 Å². The highest BCUT2D eigenvalue weighted by atomic mass is 15.0. The fourth-order valence-corrected chi connectivity index (χ4v) is 0.375. The third-order valence-electron chi connectivity index (χ3n) is 0.790. The average Bonchev–Trinajstić information content (AvgIpc) is 1.80. The van der Waals surface area contributed by atoms with Crippen LogP contribution in [0.1, 0.15) is 6.42 Å². The van der Waals surface area contributed by atoms with Crippen LogP contribution in [0.15, 0.2) is 0 Å². The summed E-state index contributed by atoms with van der Waals surface area (Å²) in [6.07, 6.45) is 0.813. The van der Waals surface area contributed by atoms with E-state index in [9.17, 15) is 0 Å². The van der Waals surface area contributed by atoms with Crippen molar-refractivity contribution in [3.63, 3.8) is 0 Å². The summed E-state index contributed by atoms with van der Waals surface area (Å²) in [6, 6.07) is 0. The highest BCUT2D eigenvalue weighted by Gasteiger charge is 1.78. The van der Waals surface area contributed by atoms with Crippen molar-refractivity contribution in [1.82, 2.24) is 4.90 Å². The van der Waals surface area contributed by atoms with E-state index in [2.05, 4.69) is 11.8 Å². The van der Waals surface area contributed by atoms with E-state index in [0.717, 1.165) is 13.0 Å². The molecule has 0 rings (SSSR count). The molecule has 0 aromatic carbocycles. The zero-order valence-electron chi connectivity index (χ0n) is 6.15. The van der Waals surface area contributed by atoms with E-state index < -0.39 is 0 Å². The van der Waals surface area contributed by atoms with Gasteiger partial charge in [0.25, 0.3) is 0 Å². The lowest BCUT2D eigenvalue weighted by atomic mass is 10.4. The first-order chi connectivity index (χ1) is 4.27. The molecule has 0 aliphatic carbocycles. The van der Waals surface area contributed by atoms with Gasteiger partial charge in [0.2, 0.25) is 0 Å². The molecule has 2 nitrogen and oxygen atoms in total. The molecule has 0 atom stereocenters. The molecule has 0 aliphatic heterocycles. The van der Waals surface area contributed by atoms with Crippen LogP contribution in [0.4, 0.5) is 0 Å². The molecule has 0 aliphatic rings. The van der Waals surface area contributed by atoms with Crippen molar-refractivity contribution in [2.75, 3.05) is 27.2 Å². The van der Waals surface area contributed by atoms with Gasteiger partial charge in [-0.2, -0.15) is 0 Å². The molecule has 9 heavy (non-hydrogen) atoms. The molecule has 0 spiro atoms. The molecule has 0 saturated carbocycles. The van der Waals surface area contributed by atoms with Crippen molar-refractivity contribution in [3.05, 3.63) is 0 Å². The minimum absolute atomic E-state index is 0.667. The third kappa shape index (κ3) is 7.48. The highest BCUT2D eigenvalue weighted by molar-refractivity contribution is 5.00. The zero-order chi connectivity index (χ0) is 7.11. The Balaban J connectivity index is 3.16. The van der Waals surface area contributed by atoms with E-state index in [1.54, 1.807) is 0 Å². The Morgan fingerprint density at radius 3 is 2.44 bits per heavy atom. The monoisotopic (exact) mass is 126 g/mol. The predicted octanol–water partition coefficient (Wildman–Crippen LogP) is -0.0998. The van der Waals surface area contributed by atoms with E-state index in [4.69, 9.17) is 5.73 Å². The molecule has 0 unspecified atom stereocenters. The molecule has 0 aromatic heterocycles. The summed E-state index contributed by atoms with van der Waals surface area (Å²) in [7, 11) is 3.99. The van der Waals surface area contributed by atoms with Crippen LogP contribution in [0, 0.1) is 11.8 Å². The van der Waals surface area contributed by atoms with Gasteiger partial charge in [0.15, 0.2) is 0 Å². The number of hydrogen-bond donors (Lipinski definition) is 1. The molecule has 0 fully saturated rings. The van der Waals surface area contributed by atoms with Crippen LogP contribution >= 0.6 is 0 Å². The average molecular weight is 126 g/mol. The van der Waals surface area contributed by atoms with Gasteiger partial charge in [-0.1, -0.05) is 5.92 Å². The van der Waals surface area contributed by atoms with Gasteiger partial charge in [-0.15, -0.1) is 5.92 Å². The standard InChI is InChI=1S/C7H14N2/c1-9(2)7-5-3-4-6-8/h4,6-8H2,1-2H3. The van der Waals surface area contributed by atoms with Gasteiger partial charge in [0.05, 0.1) is 6.54 Å². The quantitative estimate of drug-likeness (QED) is 0.523. The maximum atomic E-state index is 5.23. The molecule has 52 valence electrons. The Morgan fingerprint density at radius 1 is 1.33 bits per heavy atom. The third-order valence-corrected chi connectivity index (χ3v) is 0.790. The minimum atomic E-state index is 0.667. The lowest BCUT2D eigenvalue weighted by Gasteiger charge is -2.00. The summed E-state index contributed by atoms with van der Waals surface area (Å²) in [6.45, 7) is 1.50. The van der Waals surface area contributed by atoms with E-state index in [1.807, 2.05) is 19.0 Å². The van der Waals surface area contributed by atoms with Gasteiger partial charge in [-0.05, 0) is 14.1 Å². The topological polar surface area (TPSA) is 29.3 Å². The normalized spacial score (nSPS) is 8.89. The molecule has 0 saturated heterocycles. The van der Waals surface area contributed by atoms with E-state index in [1.165, 1.54) is 0 Å². The molecule has 0 bridgehead atoms. The minimum Gasteiger partial charge on any atom is -0.330 e. The largest absolute Gasteiger partial charge is 0.330 e. The molecule has 0 heterocycles. The van der Waals surface area contributed by atoms with Crippen molar-refractivity contribution < 1.29 is 0 Å². The predicted molar refractivity (Wildman–Crippen MR) is 40.0 cm³/mol. The summed E-state index contributed by atoms with van der Waals surface area (Å²) < 4.78 is 0. The van der Waals surface area contributed by atoms with Crippen molar-refractivity contribution >= 4 is 0 Å². The summed E-state index contributed by atoms with van der Waals surface area (Å²) in [5, 5.41) is 0. The molecular formula is C7H14N2. The molecule has 0 amide bonds. The molecule has 0 radical (unpaired) electrons. The molecule has 2 heteroatoms. The van der Waals surface area contributed by atoms with Crippen LogP contribution in [0.3, 0.4) is 0 Å². The first-order valence-corrected chi connectivity index (χ1v) is 3.08.